The average molecular weight is 382 g/mol. The topological polar surface area (TPSA) is 53.6 Å². The summed E-state index contributed by atoms with van der Waals surface area (Å²) in [5.74, 6) is 1.29. The van der Waals surface area contributed by atoms with E-state index in [0.29, 0.717) is 11.9 Å². The fourth-order valence-electron chi connectivity index (χ4n) is 2.32. The SMILES string of the molecule is CC(C)CCN=C(N)NCCN1CCCCC1C.I. The number of piperidine rings is 1. The quantitative estimate of drug-likeness (QED) is 0.422. The summed E-state index contributed by atoms with van der Waals surface area (Å²) >= 11 is 0. The minimum atomic E-state index is 0. The third-order valence-electron chi connectivity index (χ3n) is 3.63. The maximum Gasteiger partial charge on any atom is 0.188 e. The molecule has 1 heterocycles. The van der Waals surface area contributed by atoms with Crippen molar-refractivity contribution in [3.63, 3.8) is 0 Å². The molecule has 1 unspecified atom stereocenters. The molecule has 114 valence electrons. The van der Waals surface area contributed by atoms with Gasteiger partial charge in [0.2, 0.25) is 0 Å². The summed E-state index contributed by atoms with van der Waals surface area (Å²) in [6, 6.07) is 0.722. The van der Waals surface area contributed by atoms with Gasteiger partial charge in [-0.05, 0) is 38.6 Å². The number of aliphatic imine (C=N–C) groups is 1. The lowest BCUT2D eigenvalue weighted by atomic mass is 10.0. The van der Waals surface area contributed by atoms with E-state index < -0.39 is 0 Å². The molecule has 0 bridgehead atoms. The number of hydrogen-bond donors (Lipinski definition) is 2. The summed E-state index contributed by atoms with van der Waals surface area (Å²) in [5.41, 5.74) is 5.83. The lowest BCUT2D eigenvalue weighted by molar-refractivity contribution is 0.164. The van der Waals surface area contributed by atoms with Crippen LogP contribution in [0.3, 0.4) is 0 Å². The Morgan fingerprint density at radius 3 is 2.79 bits per heavy atom. The van der Waals surface area contributed by atoms with Crippen molar-refractivity contribution >= 4 is 29.9 Å². The second-order valence-electron chi connectivity index (χ2n) is 5.76. The first-order valence-electron chi connectivity index (χ1n) is 7.37. The molecule has 4 nitrogen and oxygen atoms in total. The van der Waals surface area contributed by atoms with Crippen LogP contribution in [0.1, 0.15) is 46.5 Å². The fraction of sp³-hybridized carbons (Fsp3) is 0.929. The Bertz CT molecular complexity index is 256. The predicted molar refractivity (Wildman–Crippen MR) is 94.2 cm³/mol. The van der Waals surface area contributed by atoms with Gasteiger partial charge in [0.1, 0.15) is 0 Å². The normalized spacial score (nSPS) is 21.3. The predicted octanol–water partition coefficient (Wildman–Crippen LogP) is 2.43. The summed E-state index contributed by atoms with van der Waals surface area (Å²) in [5, 5.41) is 3.21. The Balaban J connectivity index is 0.00000324. The summed E-state index contributed by atoms with van der Waals surface area (Å²) < 4.78 is 0. The lowest BCUT2D eigenvalue weighted by Gasteiger charge is -2.33. The molecule has 0 aromatic carbocycles. The monoisotopic (exact) mass is 382 g/mol. The van der Waals surface area contributed by atoms with E-state index in [-0.39, 0.29) is 24.0 Å². The Labute approximate surface area is 135 Å². The van der Waals surface area contributed by atoms with Gasteiger partial charge in [-0.1, -0.05) is 20.3 Å². The van der Waals surface area contributed by atoms with Gasteiger partial charge in [0, 0.05) is 25.7 Å². The molecule has 0 saturated carbocycles. The van der Waals surface area contributed by atoms with Crippen LogP contribution in [0.25, 0.3) is 0 Å². The van der Waals surface area contributed by atoms with Gasteiger partial charge >= 0.3 is 0 Å². The Hall–Kier alpha value is -0.0400. The summed E-state index contributed by atoms with van der Waals surface area (Å²) in [4.78, 5) is 6.87. The molecule has 1 aliphatic rings. The summed E-state index contributed by atoms with van der Waals surface area (Å²) in [6.07, 6.45) is 5.15. The van der Waals surface area contributed by atoms with Crippen molar-refractivity contribution < 1.29 is 0 Å². The van der Waals surface area contributed by atoms with Crippen LogP contribution in [0.5, 0.6) is 0 Å². The van der Waals surface area contributed by atoms with Crippen LogP contribution >= 0.6 is 24.0 Å². The molecule has 0 aliphatic carbocycles. The molecule has 1 fully saturated rings. The van der Waals surface area contributed by atoms with Gasteiger partial charge in [-0.3, -0.25) is 9.89 Å². The summed E-state index contributed by atoms with van der Waals surface area (Å²) in [6.45, 7) is 10.8. The molecule has 5 heteroatoms. The Morgan fingerprint density at radius 1 is 1.42 bits per heavy atom. The van der Waals surface area contributed by atoms with Crippen LogP contribution in [-0.2, 0) is 0 Å². The van der Waals surface area contributed by atoms with Crippen LogP contribution in [0, 0.1) is 5.92 Å². The van der Waals surface area contributed by atoms with E-state index in [1.165, 1.54) is 25.8 Å². The number of nitrogens with zero attached hydrogens (tertiary/aromatic N) is 2. The van der Waals surface area contributed by atoms with Crippen LogP contribution in [-0.4, -0.2) is 43.1 Å². The molecule has 1 atom stereocenters. The minimum absolute atomic E-state index is 0. The second-order valence-corrected chi connectivity index (χ2v) is 5.76. The van der Waals surface area contributed by atoms with E-state index in [1.54, 1.807) is 0 Å². The number of halogens is 1. The zero-order valence-corrected chi connectivity index (χ0v) is 15.0. The van der Waals surface area contributed by atoms with Gasteiger partial charge in [-0.15, -0.1) is 24.0 Å². The number of likely N-dealkylation sites (tertiary alicyclic amines) is 1. The highest BCUT2D eigenvalue weighted by Gasteiger charge is 2.17. The van der Waals surface area contributed by atoms with E-state index in [0.717, 1.165) is 32.1 Å². The third kappa shape index (κ3) is 8.68. The number of rotatable bonds is 6. The van der Waals surface area contributed by atoms with Gasteiger partial charge < -0.3 is 11.1 Å². The number of nitrogens with one attached hydrogen (secondary N) is 1. The first-order valence-corrected chi connectivity index (χ1v) is 7.37. The van der Waals surface area contributed by atoms with Gasteiger partial charge in [-0.2, -0.15) is 0 Å². The maximum atomic E-state index is 5.83. The third-order valence-corrected chi connectivity index (χ3v) is 3.63. The zero-order chi connectivity index (χ0) is 13.4. The van der Waals surface area contributed by atoms with Gasteiger partial charge in [-0.25, -0.2) is 0 Å². The van der Waals surface area contributed by atoms with E-state index in [1.807, 2.05) is 0 Å². The van der Waals surface area contributed by atoms with Crippen molar-refractivity contribution in [3.8, 4) is 0 Å². The highest BCUT2D eigenvalue weighted by atomic mass is 127. The molecule has 19 heavy (non-hydrogen) atoms. The number of hydrogen-bond acceptors (Lipinski definition) is 2. The molecule has 0 aromatic heterocycles. The van der Waals surface area contributed by atoms with Gasteiger partial charge in [0.15, 0.2) is 5.96 Å². The minimum Gasteiger partial charge on any atom is -0.370 e. The van der Waals surface area contributed by atoms with Gasteiger partial charge in [0.25, 0.3) is 0 Å². The smallest absolute Gasteiger partial charge is 0.188 e. The van der Waals surface area contributed by atoms with E-state index in [9.17, 15) is 0 Å². The van der Waals surface area contributed by atoms with Gasteiger partial charge in [0.05, 0.1) is 0 Å². The molecule has 1 saturated heterocycles. The fourth-order valence-corrected chi connectivity index (χ4v) is 2.32. The van der Waals surface area contributed by atoms with Crippen molar-refractivity contribution in [1.29, 1.82) is 0 Å². The maximum absolute atomic E-state index is 5.83. The van der Waals surface area contributed by atoms with Crippen molar-refractivity contribution in [3.05, 3.63) is 0 Å². The molecule has 0 aromatic rings. The van der Waals surface area contributed by atoms with E-state index >= 15 is 0 Å². The average Bonchev–Trinajstić information content (AvgIpc) is 2.31. The second kappa shape index (κ2) is 10.7. The highest BCUT2D eigenvalue weighted by molar-refractivity contribution is 14.0. The summed E-state index contributed by atoms with van der Waals surface area (Å²) in [7, 11) is 0. The van der Waals surface area contributed by atoms with E-state index in [4.69, 9.17) is 5.73 Å². The molecule has 3 N–H and O–H groups in total. The zero-order valence-electron chi connectivity index (χ0n) is 12.7. The Morgan fingerprint density at radius 2 is 2.16 bits per heavy atom. The van der Waals surface area contributed by atoms with Crippen LogP contribution in [0.2, 0.25) is 0 Å². The highest BCUT2D eigenvalue weighted by Crippen LogP contribution is 2.15. The molecule has 1 aliphatic heterocycles. The molecule has 0 amide bonds. The van der Waals surface area contributed by atoms with E-state index in [2.05, 4.69) is 36.0 Å². The molecular weight excluding hydrogens is 351 g/mol. The van der Waals surface area contributed by atoms with Crippen molar-refractivity contribution in [2.75, 3.05) is 26.2 Å². The van der Waals surface area contributed by atoms with Crippen LogP contribution in [0.4, 0.5) is 0 Å². The largest absolute Gasteiger partial charge is 0.370 e. The van der Waals surface area contributed by atoms with Crippen molar-refractivity contribution in [1.82, 2.24) is 10.2 Å². The molecule has 0 radical (unpaired) electrons. The molecular formula is C14H31IN4. The number of nitrogens with two attached hydrogens (primary N) is 1. The van der Waals surface area contributed by atoms with Crippen molar-refractivity contribution in [2.24, 2.45) is 16.6 Å². The van der Waals surface area contributed by atoms with Crippen molar-refractivity contribution in [2.45, 2.75) is 52.5 Å². The van der Waals surface area contributed by atoms with Crippen LogP contribution in [0.15, 0.2) is 4.99 Å². The first kappa shape index (κ1) is 19.0. The molecule has 1 rings (SSSR count). The van der Waals surface area contributed by atoms with Crippen LogP contribution < -0.4 is 11.1 Å². The number of guanidine groups is 1. The lowest BCUT2D eigenvalue weighted by Crippen LogP contribution is -2.43. The standard InChI is InChI=1S/C14H30N4.HI/c1-12(2)7-8-16-14(15)17-9-11-18-10-5-4-6-13(18)3;/h12-13H,4-11H2,1-3H3,(H3,15,16,17);1H. The first-order chi connectivity index (χ1) is 8.59. The Kier molecular flexibility index (Phi) is 10.7. The molecule has 0 spiro atoms.